The standard InChI is InChI=1S/C12H17ClN4O4/c1-4-14-11(19)7(2)16-8-5-15-17(6-9(18)21-3)12(20)10(8)13/h5,7,16H,4,6H2,1-3H3,(H,14,19). The summed E-state index contributed by atoms with van der Waals surface area (Å²) in [7, 11) is 1.21. The Balaban J connectivity index is 2.92. The van der Waals surface area contributed by atoms with Crippen LogP contribution in [0.1, 0.15) is 13.8 Å². The van der Waals surface area contributed by atoms with Crippen LogP contribution in [0.3, 0.4) is 0 Å². The van der Waals surface area contributed by atoms with Crippen molar-refractivity contribution in [1.29, 1.82) is 0 Å². The molecule has 0 aliphatic heterocycles. The maximum atomic E-state index is 11.9. The monoisotopic (exact) mass is 316 g/mol. The molecule has 0 aliphatic rings. The number of hydrogen-bond acceptors (Lipinski definition) is 6. The van der Waals surface area contributed by atoms with Crippen molar-refractivity contribution in [3.8, 4) is 0 Å². The van der Waals surface area contributed by atoms with Gasteiger partial charge in [0, 0.05) is 6.54 Å². The molecule has 2 N–H and O–H groups in total. The molecule has 1 atom stereocenters. The van der Waals surface area contributed by atoms with Crippen molar-refractivity contribution >= 4 is 29.2 Å². The van der Waals surface area contributed by atoms with Crippen molar-refractivity contribution in [2.24, 2.45) is 0 Å². The zero-order valence-electron chi connectivity index (χ0n) is 12.0. The molecule has 1 aromatic heterocycles. The molecule has 1 amide bonds. The van der Waals surface area contributed by atoms with Crippen LogP contribution in [0.15, 0.2) is 11.0 Å². The van der Waals surface area contributed by atoms with E-state index in [0.717, 1.165) is 4.68 Å². The molecule has 8 nitrogen and oxygen atoms in total. The lowest BCUT2D eigenvalue weighted by Gasteiger charge is -2.15. The Morgan fingerprint density at radius 1 is 1.52 bits per heavy atom. The highest BCUT2D eigenvalue weighted by Crippen LogP contribution is 2.16. The van der Waals surface area contributed by atoms with E-state index >= 15 is 0 Å². The lowest BCUT2D eigenvalue weighted by molar-refractivity contribution is -0.141. The van der Waals surface area contributed by atoms with Gasteiger partial charge in [-0.25, -0.2) is 4.68 Å². The number of hydrogen-bond donors (Lipinski definition) is 2. The number of carbonyl (C=O) groups is 2. The van der Waals surface area contributed by atoms with E-state index in [-0.39, 0.29) is 23.2 Å². The number of nitrogens with zero attached hydrogens (tertiary/aromatic N) is 2. The summed E-state index contributed by atoms with van der Waals surface area (Å²) < 4.78 is 5.34. The predicted molar refractivity (Wildman–Crippen MR) is 77.3 cm³/mol. The molecule has 1 unspecified atom stereocenters. The lowest BCUT2D eigenvalue weighted by atomic mass is 10.3. The topological polar surface area (TPSA) is 102 Å². The molecule has 21 heavy (non-hydrogen) atoms. The zero-order chi connectivity index (χ0) is 16.0. The molecule has 0 aliphatic carbocycles. The number of aromatic nitrogens is 2. The van der Waals surface area contributed by atoms with Gasteiger partial charge in [-0.1, -0.05) is 11.6 Å². The second kappa shape index (κ2) is 7.63. The smallest absolute Gasteiger partial charge is 0.327 e. The van der Waals surface area contributed by atoms with E-state index in [0.29, 0.717) is 6.54 Å². The minimum Gasteiger partial charge on any atom is -0.468 e. The fourth-order valence-corrected chi connectivity index (χ4v) is 1.69. The fraction of sp³-hybridized carbons (Fsp3) is 0.500. The van der Waals surface area contributed by atoms with E-state index < -0.39 is 17.6 Å². The highest BCUT2D eigenvalue weighted by Gasteiger charge is 2.16. The quantitative estimate of drug-likeness (QED) is 0.717. The van der Waals surface area contributed by atoms with Crippen LogP contribution in [0, 0.1) is 0 Å². The average Bonchev–Trinajstić information content (AvgIpc) is 2.46. The number of anilines is 1. The molecule has 1 rings (SSSR count). The Hall–Kier alpha value is -2.09. The number of esters is 1. The Bertz CT molecular complexity index is 587. The molecule has 0 saturated carbocycles. The van der Waals surface area contributed by atoms with Crippen LogP contribution in [-0.4, -0.2) is 41.4 Å². The highest BCUT2D eigenvalue weighted by molar-refractivity contribution is 6.33. The third-order valence-corrected chi connectivity index (χ3v) is 2.97. The molecule has 0 radical (unpaired) electrons. The van der Waals surface area contributed by atoms with Crippen LogP contribution < -0.4 is 16.2 Å². The van der Waals surface area contributed by atoms with Crippen LogP contribution in [0.2, 0.25) is 5.02 Å². The molecule has 0 saturated heterocycles. The summed E-state index contributed by atoms with van der Waals surface area (Å²) in [6, 6.07) is -0.583. The fourth-order valence-electron chi connectivity index (χ4n) is 1.49. The van der Waals surface area contributed by atoms with Gasteiger partial charge < -0.3 is 15.4 Å². The summed E-state index contributed by atoms with van der Waals surface area (Å²) >= 11 is 5.93. The van der Waals surface area contributed by atoms with E-state index in [1.165, 1.54) is 13.3 Å². The van der Waals surface area contributed by atoms with Gasteiger partial charge in [0.05, 0.1) is 19.0 Å². The maximum absolute atomic E-state index is 11.9. The third kappa shape index (κ3) is 4.45. The van der Waals surface area contributed by atoms with E-state index in [4.69, 9.17) is 11.6 Å². The van der Waals surface area contributed by atoms with Gasteiger partial charge in [0.2, 0.25) is 5.91 Å². The molecular formula is C12H17ClN4O4. The Morgan fingerprint density at radius 3 is 2.76 bits per heavy atom. The molecule has 116 valence electrons. The zero-order valence-corrected chi connectivity index (χ0v) is 12.7. The van der Waals surface area contributed by atoms with Gasteiger partial charge in [-0.15, -0.1) is 0 Å². The Morgan fingerprint density at radius 2 is 2.19 bits per heavy atom. The van der Waals surface area contributed by atoms with Crippen LogP contribution >= 0.6 is 11.6 Å². The Labute approximate surface area is 126 Å². The van der Waals surface area contributed by atoms with Gasteiger partial charge >= 0.3 is 5.97 Å². The summed E-state index contributed by atoms with van der Waals surface area (Å²) in [6.07, 6.45) is 1.28. The number of halogens is 1. The first kappa shape index (κ1) is 17.0. The van der Waals surface area contributed by atoms with Crippen molar-refractivity contribution in [2.45, 2.75) is 26.4 Å². The van der Waals surface area contributed by atoms with Crippen LogP contribution in [0.4, 0.5) is 5.69 Å². The van der Waals surface area contributed by atoms with Crippen molar-refractivity contribution in [3.05, 3.63) is 21.6 Å². The number of amides is 1. The molecule has 0 fully saturated rings. The normalized spacial score (nSPS) is 11.6. The molecule has 0 spiro atoms. The predicted octanol–water partition coefficient (Wildman–Crippen LogP) is 0.00620. The van der Waals surface area contributed by atoms with Gasteiger partial charge in [-0.3, -0.25) is 14.4 Å². The molecule has 9 heteroatoms. The van der Waals surface area contributed by atoms with E-state index in [1.807, 2.05) is 0 Å². The number of ether oxygens (including phenoxy) is 1. The highest BCUT2D eigenvalue weighted by atomic mass is 35.5. The van der Waals surface area contributed by atoms with Gasteiger partial charge in [-0.05, 0) is 13.8 Å². The summed E-state index contributed by atoms with van der Waals surface area (Å²) in [5.41, 5.74) is -0.420. The van der Waals surface area contributed by atoms with Crippen molar-refractivity contribution in [3.63, 3.8) is 0 Å². The van der Waals surface area contributed by atoms with Gasteiger partial charge in [0.25, 0.3) is 5.56 Å². The summed E-state index contributed by atoms with van der Waals surface area (Å²) in [5.74, 6) is -0.843. The van der Waals surface area contributed by atoms with E-state index in [1.54, 1.807) is 13.8 Å². The summed E-state index contributed by atoms with van der Waals surface area (Å²) in [6.45, 7) is 3.59. The van der Waals surface area contributed by atoms with Crippen molar-refractivity contribution in [2.75, 3.05) is 19.0 Å². The molecule has 0 bridgehead atoms. The summed E-state index contributed by atoms with van der Waals surface area (Å²) in [5, 5.41) is 9.09. The SMILES string of the molecule is CCNC(=O)C(C)Nc1cnn(CC(=O)OC)c(=O)c1Cl. The number of likely N-dealkylation sites (N-methyl/N-ethyl adjacent to an activating group) is 1. The van der Waals surface area contributed by atoms with Crippen LogP contribution in [0.5, 0.6) is 0 Å². The number of rotatable bonds is 6. The molecule has 0 aromatic carbocycles. The van der Waals surface area contributed by atoms with Crippen LogP contribution in [-0.2, 0) is 20.9 Å². The average molecular weight is 317 g/mol. The minimum atomic E-state index is -0.643. The number of nitrogens with one attached hydrogen (secondary N) is 2. The van der Waals surface area contributed by atoms with Gasteiger partial charge in [-0.2, -0.15) is 5.10 Å². The van der Waals surface area contributed by atoms with E-state index in [9.17, 15) is 14.4 Å². The van der Waals surface area contributed by atoms with Gasteiger partial charge in [0.1, 0.15) is 17.6 Å². The number of methoxy groups -OCH3 is 1. The van der Waals surface area contributed by atoms with E-state index in [2.05, 4.69) is 20.5 Å². The first-order chi connectivity index (χ1) is 9.90. The number of carbonyl (C=O) groups excluding carboxylic acids is 2. The molecule has 1 heterocycles. The first-order valence-electron chi connectivity index (χ1n) is 6.27. The van der Waals surface area contributed by atoms with Crippen molar-refractivity contribution in [1.82, 2.24) is 15.1 Å². The third-order valence-electron chi connectivity index (χ3n) is 2.61. The second-order valence-corrected chi connectivity index (χ2v) is 4.55. The molecular weight excluding hydrogens is 300 g/mol. The largest absolute Gasteiger partial charge is 0.468 e. The van der Waals surface area contributed by atoms with Crippen molar-refractivity contribution < 1.29 is 14.3 Å². The minimum absolute atomic E-state index is 0.148. The van der Waals surface area contributed by atoms with Gasteiger partial charge in [0.15, 0.2) is 0 Å². The molecule has 1 aromatic rings. The van der Waals surface area contributed by atoms with Crippen LogP contribution in [0.25, 0.3) is 0 Å². The second-order valence-electron chi connectivity index (χ2n) is 4.17. The first-order valence-corrected chi connectivity index (χ1v) is 6.65. The maximum Gasteiger partial charge on any atom is 0.327 e. The lowest BCUT2D eigenvalue weighted by Crippen LogP contribution is -2.38. The Kier molecular flexibility index (Phi) is 6.16. The summed E-state index contributed by atoms with van der Waals surface area (Å²) in [4.78, 5) is 34.7.